The van der Waals surface area contributed by atoms with E-state index in [0.29, 0.717) is 5.56 Å². The number of para-hydroxylation sites is 1. The zero-order valence-corrected chi connectivity index (χ0v) is 17.3. The van der Waals surface area contributed by atoms with Gasteiger partial charge in [0.05, 0.1) is 6.54 Å². The van der Waals surface area contributed by atoms with Crippen LogP contribution in [-0.4, -0.2) is 12.3 Å². The molecule has 3 aromatic rings. The third-order valence-corrected chi connectivity index (χ3v) is 5.26. The molecule has 152 valence electrons. The van der Waals surface area contributed by atoms with Crippen molar-refractivity contribution in [2.75, 3.05) is 11.4 Å². The van der Waals surface area contributed by atoms with E-state index < -0.39 is 0 Å². The third-order valence-electron chi connectivity index (χ3n) is 5.26. The quantitative estimate of drug-likeness (QED) is 0.384. The van der Waals surface area contributed by atoms with Crippen LogP contribution in [0.2, 0.25) is 0 Å². The predicted octanol–water partition coefficient (Wildman–Crippen LogP) is 5.93. The molecule has 0 radical (unpaired) electrons. The van der Waals surface area contributed by atoms with Crippen LogP contribution in [0, 0.1) is 22.7 Å². The second-order valence-corrected chi connectivity index (χ2v) is 7.25. The van der Waals surface area contributed by atoms with E-state index in [0.717, 1.165) is 28.0 Å². The van der Waals surface area contributed by atoms with Crippen LogP contribution in [0.1, 0.15) is 15.9 Å². The maximum absolute atomic E-state index is 13.0. The molecular formula is C28H19N3O. The highest BCUT2D eigenvalue weighted by Gasteiger charge is 2.18. The lowest BCUT2D eigenvalue weighted by atomic mass is 9.98. The topological polar surface area (TPSA) is 67.9 Å². The van der Waals surface area contributed by atoms with Gasteiger partial charge in [0.1, 0.15) is 17.7 Å². The first-order chi connectivity index (χ1) is 15.7. The van der Waals surface area contributed by atoms with Crippen molar-refractivity contribution in [3.05, 3.63) is 120 Å². The first-order valence-corrected chi connectivity index (χ1v) is 10.1. The molecule has 0 amide bonds. The molecule has 1 heterocycles. The number of benzene rings is 3. The van der Waals surface area contributed by atoms with Gasteiger partial charge in [-0.05, 0) is 34.9 Å². The molecule has 0 atom stereocenters. The van der Waals surface area contributed by atoms with Crippen LogP contribution in [0.3, 0.4) is 0 Å². The lowest BCUT2D eigenvalue weighted by molar-refractivity contribution is 0.100. The molecule has 0 N–H and O–H groups in total. The molecule has 4 nitrogen and oxygen atoms in total. The third kappa shape index (κ3) is 4.41. The lowest BCUT2D eigenvalue weighted by Gasteiger charge is -2.27. The highest BCUT2D eigenvalue weighted by molar-refractivity contribution is 6.01. The summed E-state index contributed by atoms with van der Waals surface area (Å²) in [6, 6.07) is 29.2. The fourth-order valence-electron chi connectivity index (χ4n) is 3.59. The van der Waals surface area contributed by atoms with Crippen LogP contribution in [0.15, 0.2) is 109 Å². The van der Waals surface area contributed by atoms with E-state index in [1.165, 1.54) is 6.08 Å². The van der Waals surface area contributed by atoms with Crippen LogP contribution < -0.4 is 4.90 Å². The Balaban J connectivity index is 1.55. The maximum atomic E-state index is 13.0. The average Bonchev–Trinajstić information content (AvgIpc) is 2.86. The molecule has 32 heavy (non-hydrogen) atoms. The zero-order valence-electron chi connectivity index (χ0n) is 17.3. The van der Waals surface area contributed by atoms with Crippen molar-refractivity contribution in [3.63, 3.8) is 0 Å². The Hall–Kier alpha value is -4.67. The minimum atomic E-state index is 0.0210. The summed E-state index contributed by atoms with van der Waals surface area (Å²) in [5.41, 5.74) is 5.60. The highest BCUT2D eigenvalue weighted by atomic mass is 16.1. The molecule has 0 spiro atoms. The van der Waals surface area contributed by atoms with Gasteiger partial charge in [0.25, 0.3) is 0 Å². The summed E-state index contributed by atoms with van der Waals surface area (Å²) in [6.07, 6.45) is 7.00. The van der Waals surface area contributed by atoms with Crippen molar-refractivity contribution in [2.24, 2.45) is 0 Å². The van der Waals surface area contributed by atoms with Gasteiger partial charge in [-0.1, -0.05) is 78.9 Å². The number of hydrogen-bond acceptors (Lipinski definition) is 4. The van der Waals surface area contributed by atoms with Gasteiger partial charge in [-0.3, -0.25) is 4.79 Å². The van der Waals surface area contributed by atoms with Crippen LogP contribution >= 0.6 is 0 Å². The number of carbonyl (C=O) groups excluding carboxylic acids is 1. The zero-order chi connectivity index (χ0) is 22.3. The van der Waals surface area contributed by atoms with Gasteiger partial charge in [0.15, 0.2) is 5.78 Å². The van der Waals surface area contributed by atoms with Crippen LogP contribution in [0.5, 0.6) is 0 Å². The lowest BCUT2D eigenvalue weighted by Crippen LogP contribution is -2.27. The van der Waals surface area contributed by atoms with E-state index in [9.17, 15) is 4.79 Å². The first-order valence-electron chi connectivity index (χ1n) is 10.1. The van der Waals surface area contributed by atoms with Crippen molar-refractivity contribution in [1.29, 1.82) is 10.5 Å². The van der Waals surface area contributed by atoms with E-state index in [-0.39, 0.29) is 17.9 Å². The standard InChI is InChI=1S/C28H19N3O/c29-18-21(19-30)10-11-24-16-17-31(27-9-5-4-8-26(24)27)20-28(32)25-14-12-23(13-15-25)22-6-2-1-3-7-22/h1-17H,20H2/b24-11+. The van der Waals surface area contributed by atoms with E-state index in [4.69, 9.17) is 10.5 Å². The summed E-state index contributed by atoms with van der Waals surface area (Å²) in [4.78, 5) is 14.9. The molecule has 0 aliphatic carbocycles. The van der Waals surface area contributed by atoms with Gasteiger partial charge < -0.3 is 4.90 Å². The van der Waals surface area contributed by atoms with E-state index >= 15 is 0 Å². The summed E-state index contributed by atoms with van der Waals surface area (Å²) >= 11 is 0. The molecular weight excluding hydrogens is 394 g/mol. The Kier molecular flexibility index (Phi) is 6.07. The minimum absolute atomic E-state index is 0.0210. The summed E-state index contributed by atoms with van der Waals surface area (Å²) in [5.74, 6) is 0.0210. The van der Waals surface area contributed by atoms with E-state index in [1.807, 2.05) is 108 Å². The van der Waals surface area contributed by atoms with Gasteiger partial charge >= 0.3 is 0 Å². The van der Waals surface area contributed by atoms with Crippen molar-refractivity contribution in [1.82, 2.24) is 0 Å². The van der Waals surface area contributed by atoms with Gasteiger partial charge in [-0.15, -0.1) is 0 Å². The smallest absolute Gasteiger partial charge is 0.182 e. The maximum Gasteiger partial charge on any atom is 0.182 e. The SMILES string of the molecule is N#CC(C#N)=C/C=C1\C=CN(CC(=O)c2ccc(-c3ccccc3)cc2)c2ccccc21. The van der Waals surface area contributed by atoms with Gasteiger partial charge in [-0.25, -0.2) is 0 Å². The second kappa shape index (κ2) is 9.43. The normalized spacial score (nSPS) is 13.1. The fraction of sp³-hybridized carbons (Fsp3) is 0.0357. The number of anilines is 1. The number of nitriles is 2. The van der Waals surface area contributed by atoms with Crippen LogP contribution in [0.4, 0.5) is 5.69 Å². The molecule has 0 saturated heterocycles. The monoisotopic (exact) mass is 413 g/mol. The summed E-state index contributed by atoms with van der Waals surface area (Å²) in [5, 5.41) is 17.9. The highest BCUT2D eigenvalue weighted by Crippen LogP contribution is 2.33. The summed E-state index contributed by atoms with van der Waals surface area (Å²) < 4.78 is 0. The van der Waals surface area contributed by atoms with Crippen molar-refractivity contribution in [2.45, 2.75) is 0 Å². The summed E-state index contributed by atoms with van der Waals surface area (Å²) in [6.45, 7) is 0.211. The number of fused-ring (bicyclic) bond motifs is 1. The van der Waals surface area contributed by atoms with Gasteiger partial charge in [0.2, 0.25) is 0 Å². The number of ketones is 1. The largest absolute Gasteiger partial charge is 0.340 e. The Morgan fingerprint density at radius 1 is 0.844 bits per heavy atom. The van der Waals surface area contributed by atoms with Crippen LogP contribution in [0.25, 0.3) is 16.7 Å². The average molecular weight is 413 g/mol. The van der Waals surface area contributed by atoms with Gasteiger partial charge in [0, 0.05) is 23.0 Å². The van der Waals surface area contributed by atoms with Crippen LogP contribution in [-0.2, 0) is 0 Å². The number of Topliss-reactive ketones (excluding diaryl/α,β-unsaturated/α-hetero) is 1. The molecule has 0 unspecified atom stereocenters. The second-order valence-electron chi connectivity index (χ2n) is 7.25. The van der Waals surface area contributed by atoms with Crippen molar-refractivity contribution < 1.29 is 4.79 Å². The molecule has 0 bridgehead atoms. The minimum Gasteiger partial charge on any atom is -0.340 e. The van der Waals surface area contributed by atoms with Gasteiger partial charge in [-0.2, -0.15) is 10.5 Å². The summed E-state index contributed by atoms with van der Waals surface area (Å²) in [7, 11) is 0. The Bertz CT molecular complexity index is 1300. The molecule has 3 aromatic carbocycles. The first kappa shape index (κ1) is 20.6. The number of hydrogen-bond donors (Lipinski definition) is 0. The molecule has 1 aliphatic heterocycles. The molecule has 4 rings (SSSR count). The Labute approximate surface area is 187 Å². The Morgan fingerprint density at radius 2 is 1.50 bits per heavy atom. The number of carbonyl (C=O) groups is 1. The fourth-order valence-corrected chi connectivity index (χ4v) is 3.59. The molecule has 0 aromatic heterocycles. The van der Waals surface area contributed by atoms with Crippen molar-refractivity contribution >= 4 is 17.0 Å². The molecule has 0 saturated carbocycles. The molecule has 0 fully saturated rings. The number of nitrogens with zero attached hydrogens (tertiary/aromatic N) is 3. The molecule has 4 heteroatoms. The number of allylic oxidation sites excluding steroid dienone is 5. The Morgan fingerprint density at radius 3 is 2.22 bits per heavy atom. The molecule has 1 aliphatic rings. The van der Waals surface area contributed by atoms with E-state index in [2.05, 4.69) is 0 Å². The predicted molar refractivity (Wildman–Crippen MR) is 126 cm³/mol. The van der Waals surface area contributed by atoms with Crippen molar-refractivity contribution in [3.8, 4) is 23.3 Å². The van der Waals surface area contributed by atoms with E-state index in [1.54, 1.807) is 6.08 Å². The number of rotatable bonds is 5.